The van der Waals surface area contributed by atoms with Crippen LogP contribution in [0.4, 0.5) is 0 Å². The van der Waals surface area contributed by atoms with Crippen LogP contribution in [0, 0.1) is 0 Å². The number of cyclic esters (lactones) is 1. The third-order valence-electron chi connectivity index (χ3n) is 5.00. The molecule has 10 heteroatoms. The van der Waals surface area contributed by atoms with E-state index in [2.05, 4.69) is 5.48 Å². The van der Waals surface area contributed by atoms with Crippen molar-refractivity contribution < 1.29 is 34.1 Å². The van der Waals surface area contributed by atoms with Crippen molar-refractivity contribution in [3.05, 3.63) is 52.2 Å². The number of hydrogen-bond donors (Lipinski definition) is 3. The van der Waals surface area contributed by atoms with E-state index >= 15 is 0 Å². The predicted octanol–water partition coefficient (Wildman–Crippen LogP) is 2.93. The maximum absolute atomic E-state index is 12.6. The van der Waals surface area contributed by atoms with Gasteiger partial charge in [-0.3, -0.25) is 15.1 Å². The number of phenols is 2. The number of phenolic OH excluding ortho intramolecular Hbond substituents is 2. The average Bonchev–Trinajstić information content (AvgIpc) is 2.80. The number of aromatic hydroxyl groups is 2. The van der Waals surface area contributed by atoms with Gasteiger partial charge < -0.3 is 24.6 Å². The monoisotopic (exact) mass is 478 g/mol. The molecule has 0 unspecified atom stereocenters. The largest absolute Gasteiger partial charge is 0.507 e. The summed E-state index contributed by atoms with van der Waals surface area (Å²) in [5.41, 5.74) is 2.92. The molecule has 2 aliphatic heterocycles. The topological polar surface area (TPSA) is 118 Å². The van der Waals surface area contributed by atoms with Crippen molar-refractivity contribution in [3.8, 4) is 11.5 Å². The summed E-state index contributed by atoms with van der Waals surface area (Å²) in [7, 11) is 0. The zero-order chi connectivity index (χ0) is 23.6. The van der Waals surface area contributed by atoms with Crippen LogP contribution in [0.5, 0.6) is 11.5 Å². The summed E-state index contributed by atoms with van der Waals surface area (Å²) < 4.78 is 10.5. The van der Waals surface area contributed by atoms with Crippen LogP contribution < -0.4 is 5.48 Å². The van der Waals surface area contributed by atoms with Gasteiger partial charge >= 0.3 is 5.97 Å². The van der Waals surface area contributed by atoms with Crippen molar-refractivity contribution in [2.24, 2.45) is 0 Å². The van der Waals surface area contributed by atoms with Crippen LogP contribution in [0.1, 0.15) is 35.2 Å². The first kappa shape index (κ1) is 24.6. The van der Waals surface area contributed by atoms with Gasteiger partial charge in [0.25, 0.3) is 5.91 Å². The van der Waals surface area contributed by atoms with Crippen molar-refractivity contribution in [3.63, 3.8) is 0 Å². The Kier molecular flexibility index (Phi) is 9.17. The number of rotatable bonds is 4. The summed E-state index contributed by atoms with van der Waals surface area (Å²) in [6.45, 7) is 1.88. The molecule has 2 aliphatic rings. The van der Waals surface area contributed by atoms with E-state index in [1.165, 1.54) is 6.08 Å². The van der Waals surface area contributed by atoms with Gasteiger partial charge in [-0.15, -0.1) is 0 Å². The molecule has 9 nitrogen and oxygen atoms in total. The first-order valence-electron chi connectivity index (χ1n) is 10.7. The molecule has 1 amide bonds. The highest BCUT2D eigenvalue weighted by molar-refractivity contribution is 6.34. The Hall–Kier alpha value is -3.01. The second-order valence-electron chi connectivity index (χ2n) is 7.38. The number of fused-ring (bicyclic) bond motifs is 1. The number of allylic oxidation sites excluding steroid dienone is 3. The van der Waals surface area contributed by atoms with Crippen LogP contribution in [0.2, 0.25) is 5.02 Å². The van der Waals surface area contributed by atoms with E-state index in [0.717, 1.165) is 18.9 Å². The van der Waals surface area contributed by atoms with Gasteiger partial charge in [-0.25, -0.2) is 4.79 Å². The Morgan fingerprint density at radius 3 is 2.61 bits per heavy atom. The number of carbonyl (C=O) groups is 2. The van der Waals surface area contributed by atoms with Gasteiger partial charge in [0.2, 0.25) is 0 Å². The number of amides is 1. The molecule has 1 aromatic rings. The molecule has 0 radical (unpaired) electrons. The zero-order valence-corrected chi connectivity index (χ0v) is 18.8. The fraction of sp³-hybridized carbons (Fsp3) is 0.391. The van der Waals surface area contributed by atoms with Gasteiger partial charge in [0.15, 0.2) is 6.61 Å². The Morgan fingerprint density at radius 1 is 1.09 bits per heavy atom. The van der Waals surface area contributed by atoms with Gasteiger partial charge in [-0.2, -0.15) is 0 Å². The van der Waals surface area contributed by atoms with E-state index in [-0.39, 0.29) is 35.3 Å². The van der Waals surface area contributed by atoms with Crippen LogP contribution in [-0.2, 0) is 19.1 Å². The molecule has 3 rings (SSSR count). The molecule has 1 fully saturated rings. The summed E-state index contributed by atoms with van der Waals surface area (Å²) in [5.74, 6) is -1.84. The van der Waals surface area contributed by atoms with E-state index in [0.29, 0.717) is 38.4 Å². The first-order chi connectivity index (χ1) is 16.0. The Morgan fingerprint density at radius 2 is 1.82 bits per heavy atom. The van der Waals surface area contributed by atoms with Crippen molar-refractivity contribution in [1.82, 2.24) is 10.4 Å². The summed E-state index contributed by atoms with van der Waals surface area (Å²) in [4.78, 5) is 32.0. The molecule has 0 aromatic heterocycles. The maximum atomic E-state index is 12.6. The van der Waals surface area contributed by atoms with E-state index < -0.39 is 17.5 Å². The fourth-order valence-corrected chi connectivity index (χ4v) is 3.49. The number of nitrogens with one attached hydrogen (secondary N) is 1. The van der Waals surface area contributed by atoms with Gasteiger partial charge in [-0.1, -0.05) is 29.8 Å². The minimum Gasteiger partial charge on any atom is -0.507 e. The highest BCUT2D eigenvalue weighted by atomic mass is 35.5. The van der Waals surface area contributed by atoms with Crippen molar-refractivity contribution in [2.45, 2.75) is 19.3 Å². The van der Waals surface area contributed by atoms with Gasteiger partial charge in [0, 0.05) is 24.7 Å². The average molecular weight is 479 g/mol. The highest BCUT2D eigenvalue weighted by Gasteiger charge is 2.23. The second kappa shape index (κ2) is 12.3. The van der Waals surface area contributed by atoms with E-state index in [9.17, 15) is 19.8 Å². The maximum Gasteiger partial charge on any atom is 0.342 e. The third-order valence-corrected chi connectivity index (χ3v) is 5.39. The van der Waals surface area contributed by atoms with Crippen LogP contribution in [0.3, 0.4) is 0 Å². The number of esters is 1. The molecule has 0 atom stereocenters. The summed E-state index contributed by atoms with van der Waals surface area (Å²) in [6.07, 6.45) is 11.0. The summed E-state index contributed by atoms with van der Waals surface area (Å²) >= 11 is 6.26. The molecule has 2 heterocycles. The highest BCUT2D eigenvalue weighted by Crippen LogP contribution is 2.38. The Labute approximate surface area is 196 Å². The molecule has 178 valence electrons. The molecular formula is C23H27ClN2O7. The lowest BCUT2D eigenvalue weighted by molar-refractivity contribution is -0.142. The van der Waals surface area contributed by atoms with Crippen LogP contribution in [0.25, 0.3) is 6.08 Å². The second-order valence-corrected chi connectivity index (χ2v) is 7.75. The van der Waals surface area contributed by atoms with Crippen LogP contribution in [-0.4, -0.2) is 66.5 Å². The molecule has 0 saturated carbocycles. The Bertz CT molecular complexity index is 953. The fourth-order valence-electron chi connectivity index (χ4n) is 3.28. The molecule has 1 aromatic carbocycles. The third kappa shape index (κ3) is 6.98. The quantitative estimate of drug-likeness (QED) is 0.343. The zero-order valence-electron chi connectivity index (χ0n) is 18.1. The lowest BCUT2D eigenvalue weighted by Gasteiger charge is -2.26. The van der Waals surface area contributed by atoms with E-state index in [1.54, 1.807) is 11.0 Å². The van der Waals surface area contributed by atoms with Crippen molar-refractivity contribution in [2.75, 3.05) is 39.5 Å². The normalized spacial score (nSPS) is 19.1. The smallest absolute Gasteiger partial charge is 0.342 e. The molecule has 0 aliphatic carbocycles. The number of hydrogen-bond acceptors (Lipinski definition) is 8. The predicted molar refractivity (Wildman–Crippen MR) is 122 cm³/mol. The van der Waals surface area contributed by atoms with E-state index in [4.69, 9.17) is 25.9 Å². The number of nitrogens with zero attached hydrogens (tertiary/aromatic N) is 1. The van der Waals surface area contributed by atoms with Crippen molar-refractivity contribution in [1.29, 1.82) is 0 Å². The lowest BCUT2D eigenvalue weighted by atomic mass is 10.0. The molecule has 1 saturated heterocycles. The number of halogens is 1. The minimum absolute atomic E-state index is 0.0574. The van der Waals surface area contributed by atoms with Crippen molar-refractivity contribution >= 4 is 29.6 Å². The minimum atomic E-state index is -0.780. The molecule has 3 N–H and O–H groups in total. The van der Waals surface area contributed by atoms with Gasteiger partial charge in [-0.05, 0) is 31.4 Å². The number of carbonyl (C=O) groups excluding carboxylic acids is 2. The summed E-state index contributed by atoms with van der Waals surface area (Å²) in [6, 6.07) is 0.986. The number of benzene rings is 1. The SMILES string of the molecule is O=C1OCCC=CCCC=C/C(NOCC(=O)N2CCOCC2)=C/c2c(Cl)c(O)cc(O)c21. The van der Waals surface area contributed by atoms with Crippen LogP contribution in [0.15, 0.2) is 36.1 Å². The first-order valence-corrected chi connectivity index (χ1v) is 11.0. The summed E-state index contributed by atoms with van der Waals surface area (Å²) in [5, 5.41) is 20.3. The number of hydroxylamine groups is 1. The lowest BCUT2D eigenvalue weighted by Crippen LogP contribution is -2.43. The number of ether oxygens (including phenoxy) is 2. The van der Waals surface area contributed by atoms with E-state index in [1.807, 2.05) is 18.2 Å². The van der Waals surface area contributed by atoms with Gasteiger partial charge in [0.05, 0.1) is 30.5 Å². The van der Waals surface area contributed by atoms with Gasteiger partial charge in [0.1, 0.15) is 17.1 Å². The molecule has 0 bridgehead atoms. The number of morpholine rings is 1. The molecule has 33 heavy (non-hydrogen) atoms. The molecule has 0 spiro atoms. The van der Waals surface area contributed by atoms with Crippen LogP contribution >= 0.6 is 11.6 Å². The standard InChI is InChI=1S/C23H27ClN2O7/c24-22-17-13-16(25-33-15-20(29)26-8-11-31-12-9-26)7-5-3-1-2-4-6-10-32-23(30)21(17)18(27)14-19(22)28/h2,4-5,7,13-14,25,27-28H,1,3,6,8-12,15H2/b4-2?,7-5?,16-13-. The Balaban J connectivity index is 1.86. The molecular weight excluding hydrogens is 452 g/mol.